The van der Waals surface area contributed by atoms with Crippen molar-refractivity contribution in [2.75, 3.05) is 11.9 Å². The van der Waals surface area contributed by atoms with Crippen molar-refractivity contribution in [3.8, 4) is 0 Å². The number of carboxylic acid groups (broad SMARTS) is 1. The molecular weight excluding hydrogens is 439 g/mol. The van der Waals surface area contributed by atoms with Crippen molar-refractivity contribution in [1.29, 1.82) is 0 Å². The normalized spacial score (nSPS) is 19.1. The first kappa shape index (κ1) is 21.6. The Hall–Kier alpha value is -2.61. The zero-order valence-electron chi connectivity index (χ0n) is 16.2. The molecule has 1 aliphatic rings. The quantitative estimate of drug-likeness (QED) is 0.419. The van der Waals surface area contributed by atoms with Gasteiger partial charge in [-0.15, -0.1) is 0 Å². The molecule has 8 heteroatoms. The summed E-state index contributed by atoms with van der Waals surface area (Å²) in [5, 5.41) is 35.3. The summed E-state index contributed by atoms with van der Waals surface area (Å²) in [6.45, 7) is -0.110. The number of fused-ring (bicyclic) bond motifs is 1. The lowest BCUT2D eigenvalue weighted by Gasteiger charge is -2.28. The van der Waals surface area contributed by atoms with E-state index in [4.69, 9.17) is 23.2 Å². The molecule has 4 rings (SSSR count). The number of nitrogens with zero attached hydrogens (tertiary/aromatic N) is 1. The Morgan fingerprint density at radius 2 is 1.45 bits per heavy atom. The number of nitrogens with one attached hydrogen (secondary N) is 1. The molecule has 1 heterocycles. The molecular formula is C23H20Cl2N2O4. The van der Waals surface area contributed by atoms with Gasteiger partial charge in [-0.25, -0.2) is 4.90 Å². The molecule has 0 bridgehead atoms. The second-order valence-corrected chi connectivity index (χ2v) is 8.09. The molecule has 0 amide bonds. The lowest BCUT2D eigenvalue weighted by molar-refractivity contribution is -0.142. The lowest BCUT2D eigenvalue weighted by Crippen LogP contribution is -2.34. The van der Waals surface area contributed by atoms with E-state index < -0.39 is 24.3 Å². The van der Waals surface area contributed by atoms with Crippen LogP contribution in [-0.4, -0.2) is 32.7 Å². The molecule has 0 aromatic heterocycles. The standard InChI is InChI=1S/C23H20Cl2N2O4/c24-17-9-5-10-18(25)20(17)26-19-11-4-3-6-13(19)16(23(30)31)12-27-21(28)14-7-1-2-8-15(14)22(27)29/h1-11,16,21-22,26,28-29H,12H2,(H,30,31). The first-order chi connectivity index (χ1) is 14.9. The van der Waals surface area contributed by atoms with Gasteiger partial charge in [0.15, 0.2) is 0 Å². The highest BCUT2D eigenvalue weighted by Crippen LogP contribution is 2.41. The minimum Gasteiger partial charge on any atom is -0.481 e. The fraction of sp³-hybridized carbons (Fsp3) is 0.174. The number of para-hydroxylation sites is 2. The minimum atomic E-state index is -1.11. The third-order valence-electron chi connectivity index (χ3n) is 5.43. The smallest absolute Gasteiger partial charge is 0.312 e. The van der Waals surface area contributed by atoms with Gasteiger partial charge in [-0.05, 0) is 23.8 Å². The molecule has 0 aliphatic carbocycles. The number of carboxylic acids is 1. The summed E-state index contributed by atoms with van der Waals surface area (Å²) in [6.07, 6.45) is -2.21. The van der Waals surface area contributed by atoms with Crippen LogP contribution in [0.1, 0.15) is 35.1 Å². The van der Waals surface area contributed by atoms with E-state index in [0.29, 0.717) is 38.1 Å². The van der Waals surface area contributed by atoms with E-state index in [9.17, 15) is 20.1 Å². The van der Waals surface area contributed by atoms with Crippen LogP contribution in [0.3, 0.4) is 0 Å². The molecule has 0 spiro atoms. The van der Waals surface area contributed by atoms with E-state index in [1.807, 2.05) is 0 Å². The van der Waals surface area contributed by atoms with Crippen molar-refractivity contribution >= 4 is 40.5 Å². The van der Waals surface area contributed by atoms with Crippen molar-refractivity contribution < 1.29 is 20.1 Å². The van der Waals surface area contributed by atoms with Gasteiger partial charge in [-0.3, -0.25) is 4.79 Å². The summed E-state index contributed by atoms with van der Waals surface area (Å²) in [5.41, 5.74) is 2.59. The van der Waals surface area contributed by atoms with E-state index in [0.717, 1.165) is 0 Å². The van der Waals surface area contributed by atoms with E-state index >= 15 is 0 Å². The molecule has 4 N–H and O–H groups in total. The highest BCUT2D eigenvalue weighted by molar-refractivity contribution is 6.39. The summed E-state index contributed by atoms with van der Waals surface area (Å²) in [6, 6.07) is 19.0. The van der Waals surface area contributed by atoms with Crippen molar-refractivity contribution in [3.63, 3.8) is 0 Å². The Bertz CT molecular complexity index is 1070. The van der Waals surface area contributed by atoms with Crippen LogP contribution in [0.25, 0.3) is 0 Å². The fourth-order valence-corrected chi connectivity index (χ4v) is 4.35. The van der Waals surface area contributed by atoms with Gasteiger partial charge in [0.2, 0.25) is 0 Å². The van der Waals surface area contributed by atoms with Crippen LogP contribution in [0.15, 0.2) is 66.7 Å². The topological polar surface area (TPSA) is 93.0 Å². The van der Waals surface area contributed by atoms with Crippen molar-refractivity contribution in [2.24, 2.45) is 0 Å². The van der Waals surface area contributed by atoms with E-state index in [1.54, 1.807) is 66.7 Å². The largest absolute Gasteiger partial charge is 0.481 e. The van der Waals surface area contributed by atoms with Gasteiger partial charge in [-0.2, -0.15) is 0 Å². The van der Waals surface area contributed by atoms with Gasteiger partial charge in [0.25, 0.3) is 0 Å². The maximum absolute atomic E-state index is 12.2. The van der Waals surface area contributed by atoms with Crippen LogP contribution in [-0.2, 0) is 4.79 Å². The Labute approximate surface area is 189 Å². The van der Waals surface area contributed by atoms with E-state index in [2.05, 4.69) is 5.32 Å². The van der Waals surface area contributed by atoms with E-state index in [1.165, 1.54) is 4.90 Å². The molecule has 0 saturated heterocycles. The molecule has 0 fully saturated rings. The molecule has 3 atom stereocenters. The third kappa shape index (κ3) is 4.13. The van der Waals surface area contributed by atoms with Gasteiger partial charge >= 0.3 is 5.97 Å². The number of halogens is 2. The Kier molecular flexibility index (Phi) is 6.18. The summed E-state index contributed by atoms with van der Waals surface area (Å²) in [5.74, 6) is -2.13. The van der Waals surface area contributed by atoms with Crippen molar-refractivity contribution in [2.45, 2.75) is 18.4 Å². The van der Waals surface area contributed by atoms with Crippen LogP contribution in [0.4, 0.5) is 11.4 Å². The second-order valence-electron chi connectivity index (χ2n) is 7.27. The molecule has 0 radical (unpaired) electrons. The lowest BCUT2D eigenvalue weighted by atomic mass is 9.96. The Balaban J connectivity index is 1.67. The summed E-state index contributed by atoms with van der Waals surface area (Å²) in [7, 11) is 0. The summed E-state index contributed by atoms with van der Waals surface area (Å²) in [4.78, 5) is 13.6. The molecule has 3 unspecified atom stereocenters. The number of hydrogen-bond acceptors (Lipinski definition) is 5. The van der Waals surface area contributed by atoms with Gasteiger partial charge in [0, 0.05) is 23.4 Å². The van der Waals surface area contributed by atoms with E-state index in [-0.39, 0.29) is 6.54 Å². The number of anilines is 2. The molecule has 31 heavy (non-hydrogen) atoms. The number of carbonyl (C=O) groups is 1. The number of hydrogen-bond donors (Lipinski definition) is 4. The highest BCUT2D eigenvalue weighted by atomic mass is 35.5. The average molecular weight is 459 g/mol. The van der Waals surface area contributed by atoms with Gasteiger partial charge in [0.1, 0.15) is 12.5 Å². The zero-order chi connectivity index (χ0) is 22.1. The highest BCUT2D eigenvalue weighted by Gasteiger charge is 2.39. The number of aliphatic hydroxyl groups is 2. The number of aliphatic carboxylic acids is 1. The molecule has 1 aliphatic heterocycles. The SMILES string of the molecule is O=C(O)C(CN1C(O)c2ccccc2C1O)c1ccccc1Nc1c(Cl)cccc1Cl. The number of aliphatic hydroxyl groups excluding tert-OH is 2. The number of rotatable bonds is 6. The second kappa shape index (κ2) is 8.86. The predicted molar refractivity (Wildman–Crippen MR) is 120 cm³/mol. The Morgan fingerprint density at radius 3 is 2.03 bits per heavy atom. The maximum Gasteiger partial charge on any atom is 0.312 e. The summed E-state index contributed by atoms with van der Waals surface area (Å²) < 4.78 is 0. The van der Waals surface area contributed by atoms with Crippen LogP contribution in [0.2, 0.25) is 10.0 Å². The summed E-state index contributed by atoms with van der Waals surface area (Å²) >= 11 is 12.5. The van der Waals surface area contributed by atoms with Crippen LogP contribution >= 0.6 is 23.2 Å². The van der Waals surface area contributed by atoms with Crippen LogP contribution < -0.4 is 5.32 Å². The molecule has 160 valence electrons. The monoisotopic (exact) mass is 458 g/mol. The number of benzene rings is 3. The van der Waals surface area contributed by atoms with Gasteiger partial charge in [0.05, 0.1) is 21.7 Å². The first-order valence-electron chi connectivity index (χ1n) is 9.62. The maximum atomic E-state index is 12.2. The molecule has 3 aromatic carbocycles. The van der Waals surface area contributed by atoms with Gasteiger partial charge < -0.3 is 20.6 Å². The minimum absolute atomic E-state index is 0.110. The van der Waals surface area contributed by atoms with Crippen LogP contribution in [0.5, 0.6) is 0 Å². The van der Waals surface area contributed by atoms with Crippen molar-refractivity contribution in [1.82, 2.24) is 4.90 Å². The molecule has 0 saturated carbocycles. The molecule has 3 aromatic rings. The van der Waals surface area contributed by atoms with Gasteiger partial charge in [-0.1, -0.05) is 71.7 Å². The predicted octanol–water partition coefficient (Wildman–Crippen LogP) is 4.90. The average Bonchev–Trinajstić information content (AvgIpc) is 2.99. The third-order valence-corrected chi connectivity index (χ3v) is 6.06. The molecule has 6 nitrogen and oxygen atoms in total. The zero-order valence-corrected chi connectivity index (χ0v) is 17.8. The van der Waals surface area contributed by atoms with Crippen molar-refractivity contribution in [3.05, 3.63) is 93.5 Å². The first-order valence-corrected chi connectivity index (χ1v) is 10.4. The fourth-order valence-electron chi connectivity index (χ4n) is 3.86. The van der Waals surface area contributed by atoms with Crippen LogP contribution in [0, 0.1) is 0 Å². The Morgan fingerprint density at radius 1 is 0.903 bits per heavy atom.